The van der Waals surface area contributed by atoms with E-state index in [9.17, 15) is 5.26 Å². The zero-order chi connectivity index (χ0) is 19.4. The van der Waals surface area contributed by atoms with Crippen LogP contribution in [0.3, 0.4) is 0 Å². The first-order valence-corrected chi connectivity index (χ1v) is 8.73. The molecular formula is C21H18ClN3O2. The summed E-state index contributed by atoms with van der Waals surface area (Å²) in [5.41, 5.74) is 9.29. The highest BCUT2D eigenvalue weighted by molar-refractivity contribution is 6.30. The first-order chi connectivity index (χ1) is 13.1. The van der Waals surface area contributed by atoms with E-state index in [4.69, 9.17) is 26.8 Å². The van der Waals surface area contributed by atoms with Gasteiger partial charge in [0.25, 0.3) is 0 Å². The molecule has 3 rings (SSSR count). The van der Waals surface area contributed by atoms with Crippen LogP contribution in [0, 0.1) is 11.3 Å². The molecule has 0 aliphatic heterocycles. The van der Waals surface area contributed by atoms with Crippen molar-refractivity contribution in [2.75, 3.05) is 19.5 Å². The molecule has 0 aliphatic carbocycles. The summed E-state index contributed by atoms with van der Waals surface area (Å²) in [6.45, 7) is 2.43. The van der Waals surface area contributed by atoms with E-state index in [0.29, 0.717) is 39.9 Å². The van der Waals surface area contributed by atoms with Crippen molar-refractivity contribution >= 4 is 17.4 Å². The minimum Gasteiger partial charge on any atom is -0.493 e. The normalized spacial score (nSPS) is 10.3. The van der Waals surface area contributed by atoms with Crippen LogP contribution in [0.5, 0.6) is 11.5 Å². The topological polar surface area (TPSA) is 81.2 Å². The third kappa shape index (κ3) is 3.81. The maximum atomic E-state index is 9.58. The van der Waals surface area contributed by atoms with Gasteiger partial charge in [-0.2, -0.15) is 5.26 Å². The molecule has 0 saturated carbocycles. The van der Waals surface area contributed by atoms with Crippen molar-refractivity contribution in [2.24, 2.45) is 0 Å². The summed E-state index contributed by atoms with van der Waals surface area (Å²) in [6, 6.07) is 16.8. The van der Waals surface area contributed by atoms with Gasteiger partial charge in [-0.25, -0.2) is 4.98 Å². The van der Waals surface area contributed by atoms with Gasteiger partial charge >= 0.3 is 0 Å². The summed E-state index contributed by atoms with van der Waals surface area (Å²) in [4.78, 5) is 4.37. The summed E-state index contributed by atoms with van der Waals surface area (Å²) in [5, 5.41) is 10.2. The fourth-order valence-corrected chi connectivity index (χ4v) is 3.01. The monoisotopic (exact) mass is 379 g/mol. The van der Waals surface area contributed by atoms with Crippen LogP contribution in [-0.4, -0.2) is 18.7 Å². The summed E-state index contributed by atoms with van der Waals surface area (Å²) in [5.74, 6) is 1.38. The number of hydrogen-bond acceptors (Lipinski definition) is 5. The Morgan fingerprint density at radius 2 is 1.93 bits per heavy atom. The number of halogens is 1. The Labute approximate surface area is 162 Å². The molecule has 0 radical (unpaired) electrons. The van der Waals surface area contributed by atoms with Gasteiger partial charge < -0.3 is 15.2 Å². The molecule has 0 spiro atoms. The number of aromatic nitrogens is 1. The number of nitriles is 1. The smallest absolute Gasteiger partial charge is 0.161 e. The first-order valence-electron chi connectivity index (χ1n) is 8.35. The summed E-state index contributed by atoms with van der Waals surface area (Å²) >= 11 is 6.09. The molecule has 0 fully saturated rings. The number of anilines is 1. The van der Waals surface area contributed by atoms with Gasteiger partial charge in [-0.3, -0.25) is 0 Å². The lowest BCUT2D eigenvalue weighted by atomic mass is 9.98. The van der Waals surface area contributed by atoms with E-state index < -0.39 is 0 Å². The molecule has 1 heterocycles. The van der Waals surface area contributed by atoms with Crippen molar-refractivity contribution in [1.82, 2.24) is 4.98 Å². The molecule has 2 N–H and O–H groups in total. The molecule has 0 saturated heterocycles. The van der Waals surface area contributed by atoms with E-state index in [1.807, 2.05) is 43.3 Å². The largest absolute Gasteiger partial charge is 0.493 e. The molecule has 0 unspecified atom stereocenters. The second kappa shape index (κ2) is 7.98. The van der Waals surface area contributed by atoms with Crippen molar-refractivity contribution in [3.05, 3.63) is 59.1 Å². The fourth-order valence-electron chi connectivity index (χ4n) is 2.82. The minimum absolute atomic E-state index is 0.165. The number of nitrogens with zero attached hydrogens (tertiary/aromatic N) is 2. The molecule has 136 valence electrons. The highest BCUT2D eigenvalue weighted by Gasteiger charge is 2.15. The van der Waals surface area contributed by atoms with Crippen LogP contribution in [-0.2, 0) is 0 Å². The molecule has 5 nitrogen and oxygen atoms in total. The second-order valence-electron chi connectivity index (χ2n) is 5.74. The third-order valence-electron chi connectivity index (χ3n) is 4.05. The lowest BCUT2D eigenvalue weighted by Crippen LogP contribution is -2.00. The molecule has 1 aromatic heterocycles. The average Bonchev–Trinajstić information content (AvgIpc) is 2.68. The van der Waals surface area contributed by atoms with E-state index in [2.05, 4.69) is 11.1 Å². The molecule has 6 heteroatoms. The van der Waals surface area contributed by atoms with E-state index >= 15 is 0 Å². The van der Waals surface area contributed by atoms with Crippen molar-refractivity contribution < 1.29 is 9.47 Å². The summed E-state index contributed by atoms with van der Waals surface area (Å²) < 4.78 is 11.0. The van der Waals surface area contributed by atoms with Crippen molar-refractivity contribution in [3.63, 3.8) is 0 Å². The van der Waals surface area contributed by atoms with Crippen LogP contribution in [0.1, 0.15) is 12.5 Å². The molecular weight excluding hydrogens is 362 g/mol. The van der Waals surface area contributed by atoms with Crippen molar-refractivity contribution in [1.29, 1.82) is 5.26 Å². The quantitative estimate of drug-likeness (QED) is 0.679. The fraction of sp³-hybridized carbons (Fsp3) is 0.143. The number of pyridine rings is 1. The third-order valence-corrected chi connectivity index (χ3v) is 4.29. The van der Waals surface area contributed by atoms with E-state index in [0.717, 1.165) is 11.1 Å². The van der Waals surface area contributed by atoms with E-state index in [1.165, 1.54) is 0 Å². The number of methoxy groups -OCH3 is 1. The van der Waals surface area contributed by atoms with Crippen LogP contribution >= 0.6 is 11.6 Å². The number of nitrogen functional groups attached to an aromatic ring is 1. The Morgan fingerprint density at radius 1 is 1.11 bits per heavy atom. The number of benzene rings is 2. The predicted molar refractivity (Wildman–Crippen MR) is 107 cm³/mol. The predicted octanol–water partition coefficient (Wildman–Crippen LogP) is 4.93. The van der Waals surface area contributed by atoms with Gasteiger partial charge in [0.15, 0.2) is 11.5 Å². The zero-order valence-electron chi connectivity index (χ0n) is 15.0. The Hall–Kier alpha value is -3.23. The Morgan fingerprint density at radius 3 is 2.59 bits per heavy atom. The van der Waals surface area contributed by atoms with Gasteiger partial charge in [0, 0.05) is 16.1 Å². The molecule has 0 bridgehead atoms. The van der Waals surface area contributed by atoms with Gasteiger partial charge in [-0.05, 0) is 42.8 Å². The number of nitrogens with two attached hydrogens (primary N) is 1. The van der Waals surface area contributed by atoms with Gasteiger partial charge in [-0.1, -0.05) is 29.8 Å². The van der Waals surface area contributed by atoms with Crippen LogP contribution in [0.15, 0.2) is 48.5 Å². The summed E-state index contributed by atoms with van der Waals surface area (Å²) in [6.07, 6.45) is 0. The van der Waals surface area contributed by atoms with Gasteiger partial charge in [0.1, 0.15) is 17.5 Å². The van der Waals surface area contributed by atoms with Gasteiger partial charge in [0.05, 0.1) is 19.4 Å². The van der Waals surface area contributed by atoms with Gasteiger partial charge in [-0.15, -0.1) is 0 Å². The van der Waals surface area contributed by atoms with Crippen LogP contribution in [0.4, 0.5) is 5.82 Å². The lowest BCUT2D eigenvalue weighted by Gasteiger charge is -2.14. The van der Waals surface area contributed by atoms with Crippen molar-refractivity contribution in [3.8, 4) is 40.0 Å². The van der Waals surface area contributed by atoms with E-state index in [-0.39, 0.29) is 5.82 Å². The molecule has 3 aromatic rings. The Balaban J connectivity index is 2.18. The van der Waals surface area contributed by atoms with Gasteiger partial charge in [0.2, 0.25) is 0 Å². The Bertz CT molecular complexity index is 1030. The SMILES string of the molecule is CCOc1ccc(-c2cc(-c3cccc(Cl)c3)nc(N)c2C#N)cc1OC. The maximum Gasteiger partial charge on any atom is 0.161 e. The van der Waals surface area contributed by atoms with E-state index in [1.54, 1.807) is 19.2 Å². The zero-order valence-corrected chi connectivity index (χ0v) is 15.7. The van der Waals surface area contributed by atoms with Crippen LogP contribution in [0.2, 0.25) is 5.02 Å². The summed E-state index contributed by atoms with van der Waals surface area (Å²) in [7, 11) is 1.57. The standard InChI is InChI=1S/C21H18ClN3O2/c1-3-27-19-8-7-13(10-20(19)26-2)16-11-18(25-21(24)17(16)12-23)14-5-4-6-15(22)9-14/h4-11H,3H2,1-2H3,(H2,24,25). The number of hydrogen-bond donors (Lipinski definition) is 1. The highest BCUT2D eigenvalue weighted by atomic mass is 35.5. The van der Waals surface area contributed by atoms with Crippen LogP contribution in [0.25, 0.3) is 22.4 Å². The molecule has 2 aromatic carbocycles. The average molecular weight is 380 g/mol. The maximum absolute atomic E-state index is 9.58. The highest BCUT2D eigenvalue weighted by Crippen LogP contribution is 2.36. The number of rotatable bonds is 5. The Kier molecular flexibility index (Phi) is 5.49. The minimum atomic E-state index is 0.165. The van der Waals surface area contributed by atoms with Crippen LogP contribution < -0.4 is 15.2 Å². The molecule has 0 amide bonds. The molecule has 27 heavy (non-hydrogen) atoms. The lowest BCUT2D eigenvalue weighted by molar-refractivity contribution is 0.311. The van der Waals surface area contributed by atoms with Crippen molar-refractivity contribution in [2.45, 2.75) is 6.92 Å². The molecule has 0 atom stereocenters. The number of ether oxygens (including phenoxy) is 2. The molecule has 0 aliphatic rings. The first kappa shape index (κ1) is 18.6. The second-order valence-corrected chi connectivity index (χ2v) is 6.17.